The van der Waals surface area contributed by atoms with Gasteiger partial charge in [-0.25, -0.2) is 0 Å². The molecule has 2 N–H and O–H groups in total. The molecular formula is C17H18Cl2N2O3. The van der Waals surface area contributed by atoms with E-state index in [0.717, 1.165) is 0 Å². The summed E-state index contributed by atoms with van der Waals surface area (Å²) >= 11 is 12.0. The monoisotopic (exact) mass is 368 g/mol. The van der Waals surface area contributed by atoms with E-state index in [9.17, 15) is 4.79 Å². The fraction of sp³-hybridized carbons (Fsp3) is 0.235. The molecule has 0 saturated heterocycles. The summed E-state index contributed by atoms with van der Waals surface area (Å²) in [6, 6.07) is 9.66. The number of ether oxygens (including phenoxy) is 2. The van der Waals surface area contributed by atoms with Crippen molar-refractivity contribution >= 4 is 40.5 Å². The maximum atomic E-state index is 12.4. The molecule has 128 valence electrons. The fourth-order valence-corrected chi connectivity index (χ4v) is 2.39. The molecule has 5 nitrogen and oxygen atoms in total. The molecule has 0 fully saturated rings. The summed E-state index contributed by atoms with van der Waals surface area (Å²) < 4.78 is 10.5. The van der Waals surface area contributed by atoms with Gasteiger partial charge in [0.2, 0.25) is 5.91 Å². The summed E-state index contributed by atoms with van der Waals surface area (Å²) in [6.07, 6.45) is 0. The molecule has 0 aliphatic heterocycles. The lowest BCUT2D eigenvalue weighted by Crippen LogP contribution is -2.32. The van der Waals surface area contributed by atoms with E-state index in [0.29, 0.717) is 32.9 Å². The maximum Gasteiger partial charge on any atom is 0.246 e. The molecule has 0 heterocycles. The highest BCUT2D eigenvalue weighted by Gasteiger charge is 2.16. The van der Waals surface area contributed by atoms with Crippen LogP contribution in [-0.4, -0.2) is 26.2 Å². The van der Waals surface area contributed by atoms with Crippen LogP contribution in [0.5, 0.6) is 11.5 Å². The average molecular weight is 369 g/mol. The van der Waals surface area contributed by atoms with Gasteiger partial charge < -0.3 is 20.1 Å². The van der Waals surface area contributed by atoms with E-state index in [-0.39, 0.29) is 5.91 Å². The van der Waals surface area contributed by atoms with E-state index in [2.05, 4.69) is 10.6 Å². The number of methoxy groups -OCH3 is 2. The Kier molecular flexibility index (Phi) is 6.17. The molecular weight excluding hydrogens is 351 g/mol. The number of halogens is 2. The Labute approximate surface area is 150 Å². The molecule has 1 atom stereocenters. The van der Waals surface area contributed by atoms with E-state index >= 15 is 0 Å². The quantitative estimate of drug-likeness (QED) is 0.790. The van der Waals surface area contributed by atoms with E-state index in [1.807, 2.05) is 0 Å². The normalized spacial score (nSPS) is 11.5. The predicted octanol–water partition coefficient (Wildman–Crippen LogP) is 4.45. The number of hydrogen-bond acceptors (Lipinski definition) is 4. The third kappa shape index (κ3) is 4.46. The Morgan fingerprint density at radius 3 is 2.46 bits per heavy atom. The second kappa shape index (κ2) is 8.13. The van der Waals surface area contributed by atoms with Crippen LogP contribution in [0.3, 0.4) is 0 Å². The summed E-state index contributed by atoms with van der Waals surface area (Å²) in [4.78, 5) is 12.4. The van der Waals surface area contributed by atoms with Gasteiger partial charge >= 0.3 is 0 Å². The van der Waals surface area contributed by atoms with Crippen molar-refractivity contribution in [3.05, 3.63) is 46.4 Å². The molecule has 2 aromatic rings. The second-order valence-corrected chi connectivity index (χ2v) is 5.89. The summed E-state index contributed by atoms with van der Waals surface area (Å²) in [5, 5.41) is 6.76. The smallest absolute Gasteiger partial charge is 0.246 e. The van der Waals surface area contributed by atoms with Gasteiger partial charge in [-0.1, -0.05) is 23.2 Å². The molecule has 1 amide bonds. The highest BCUT2D eigenvalue weighted by atomic mass is 35.5. The Morgan fingerprint density at radius 1 is 1.04 bits per heavy atom. The van der Waals surface area contributed by atoms with Crippen molar-refractivity contribution in [3.63, 3.8) is 0 Å². The summed E-state index contributed by atoms with van der Waals surface area (Å²) in [5.74, 6) is 0.993. The number of carbonyl (C=O) groups excluding carboxylic acids is 1. The lowest BCUT2D eigenvalue weighted by atomic mass is 10.2. The van der Waals surface area contributed by atoms with E-state index < -0.39 is 6.04 Å². The van der Waals surface area contributed by atoms with Crippen LogP contribution in [0.25, 0.3) is 0 Å². The number of benzene rings is 2. The van der Waals surface area contributed by atoms with Crippen LogP contribution in [0.1, 0.15) is 6.92 Å². The molecule has 0 spiro atoms. The lowest BCUT2D eigenvalue weighted by molar-refractivity contribution is -0.116. The number of amides is 1. The second-order valence-electron chi connectivity index (χ2n) is 5.05. The average Bonchev–Trinajstić information content (AvgIpc) is 2.58. The summed E-state index contributed by atoms with van der Waals surface area (Å²) in [5.41, 5.74) is 1.14. The zero-order valence-corrected chi connectivity index (χ0v) is 15.0. The van der Waals surface area contributed by atoms with Gasteiger partial charge in [0.25, 0.3) is 0 Å². The molecule has 0 aliphatic rings. The lowest BCUT2D eigenvalue weighted by Gasteiger charge is -2.18. The van der Waals surface area contributed by atoms with Gasteiger partial charge in [-0.05, 0) is 37.3 Å². The number of carbonyl (C=O) groups is 1. The Balaban J connectivity index is 2.10. The van der Waals surface area contributed by atoms with Crippen molar-refractivity contribution in [2.75, 3.05) is 24.9 Å². The van der Waals surface area contributed by atoms with Crippen LogP contribution in [-0.2, 0) is 4.79 Å². The highest BCUT2D eigenvalue weighted by Crippen LogP contribution is 2.30. The molecule has 2 aromatic carbocycles. The molecule has 24 heavy (non-hydrogen) atoms. The first-order valence-corrected chi connectivity index (χ1v) is 7.94. The molecule has 0 bridgehead atoms. The van der Waals surface area contributed by atoms with Crippen LogP contribution in [0.4, 0.5) is 11.4 Å². The fourth-order valence-electron chi connectivity index (χ4n) is 2.05. The van der Waals surface area contributed by atoms with Gasteiger partial charge in [-0.3, -0.25) is 4.79 Å². The van der Waals surface area contributed by atoms with E-state index in [4.69, 9.17) is 32.7 Å². The molecule has 0 radical (unpaired) electrons. The highest BCUT2D eigenvalue weighted by molar-refractivity contribution is 6.35. The van der Waals surface area contributed by atoms with Gasteiger partial charge in [0.05, 0.1) is 30.6 Å². The zero-order chi connectivity index (χ0) is 17.7. The van der Waals surface area contributed by atoms with Crippen LogP contribution in [0.2, 0.25) is 10.0 Å². The number of rotatable bonds is 6. The molecule has 0 unspecified atom stereocenters. The minimum atomic E-state index is -0.526. The first-order valence-electron chi connectivity index (χ1n) is 7.19. The predicted molar refractivity (Wildman–Crippen MR) is 97.7 cm³/mol. The molecule has 7 heteroatoms. The van der Waals surface area contributed by atoms with Gasteiger partial charge in [-0.2, -0.15) is 0 Å². The van der Waals surface area contributed by atoms with Crippen LogP contribution in [0, 0.1) is 0 Å². The first kappa shape index (κ1) is 18.2. The molecule has 0 aromatic heterocycles. The van der Waals surface area contributed by atoms with Crippen molar-refractivity contribution < 1.29 is 14.3 Å². The Morgan fingerprint density at radius 2 is 1.79 bits per heavy atom. The van der Waals surface area contributed by atoms with Crippen molar-refractivity contribution in [2.45, 2.75) is 13.0 Å². The minimum absolute atomic E-state index is 0.253. The van der Waals surface area contributed by atoms with Gasteiger partial charge in [-0.15, -0.1) is 0 Å². The molecule has 2 rings (SSSR count). The standard InChI is InChI=1S/C17H18Cl2N2O3/c1-10(17(22)21-15-8-11(18)4-6-13(15)19)20-14-7-5-12(23-2)9-16(14)24-3/h4-10,20H,1-3H3,(H,21,22)/t10-/m1/s1. The third-order valence-corrected chi connectivity index (χ3v) is 3.92. The topological polar surface area (TPSA) is 59.6 Å². The Hall–Kier alpha value is -2.11. The first-order chi connectivity index (χ1) is 11.4. The van der Waals surface area contributed by atoms with Crippen molar-refractivity contribution in [1.29, 1.82) is 0 Å². The van der Waals surface area contributed by atoms with Crippen molar-refractivity contribution in [3.8, 4) is 11.5 Å². The summed E-state index contributed by atoms with van der Waals surface area (Å²) in [6.45, 7) is 1.73. The molecule has 0 aliphatic carbocycles. The Bertz CT molecular complexity index is 738. The largest absolute Gasteiger partial charge is 0.497 e. The van der Waals surface area contributed by atoms with Gasteiger partial charge in [0, 0.05) is 11.1 Å². The SMILES string of the molecule is COc1ccc(N[C@H](C)C(=O)Nc2cc(Cl)ccc2Cl)c(OC)c1. The van der Waals surface area contributed by atoms with E-state index in [1.165, 1.54) is 0 Å². The van der Waals surface area contributed by atoms with Crippen LogP contribution in [0.15, 0.2) is 36.4 Å². The summed E-state index contributed by atoms with van der Waals surface area (Å²) in [7, 11) is 3.13. The number of nitrogens with one attached hydrogen (secondary N) is 2. The van der Waals surface area contributed by atoms with Gasteiger partial charge in [0.15, 0.2) is 0 Å². The van der Waals surface area contributed by atoms with Gasteiger partial charge in [0.1, 0.15) is 17.5 Å². The number of anilines is 2. The third-order valence-electron chi connectivity index (χ3n) is 3.36. The minimum Gasteiger partial charge on any atom is -0.497 e. The van der Waals surface area contributed by atoms with Crippen LogP contribution >= 0.6 is 23.2 Å². The number of hydrogen-bond donors (Lipinski definition) is 2. The maximum absolute atomic E-state index is 12.4. The van der Waals surface area contributed by atoms with Crippen molar-refractivity contribution in [1.82, 2.24) is 0 Å². The van der Waals surface area contributed by atoms with Crippen LogP contribution < -0.4 is 20.1 Å². The van der Waals surface area contributed by atoms with Crippen molar-refractivity contribution in [2.24, 2.45) is 0 Å². The zero-order valence-electron chi connectivity index (χ0n) is 13.5. The van der Waals surface area contributed by atoms with E-state index in [1.54, 1.807) is 57.5 Å². The molecule has 0 saturated carbocycles.